The molecule has 2 bridgehead atoms. The third kappa shape index (κ3) is 1.18. The summed E-state index contributed by atoms with van der Waals surface area (Å²) in [6, 6.07) is 0. The molecule has 0 radical (unpaired) electrons. The van der Waals surface area contributed by atoms with Crippen molar-refractivity contribution in [3.8, 4) is 0 Å². The van der Waals surface area contributed by atoms with Crippen LogP contribution in [0.3, 0.4) is 0 Å². The first-order valence-corrected chi connectivity index (χ1v) is 4.92. The minimum absolute atomic E-state index is 0.183. The number of ketones is 1. The molecule has 1 nitrogen and oxygen atoms in total. The average Bonchev–Trinajstić information content (AvgIpc) is 2.07. The average molecular weight is 176 g/mol. The highest BCUT2D eigenvalue weighted by molar-refractivity contribution is 5.95. The largest absolute Gasteiger partial charge is 0.294 e. The summed E-state index contributed by atoms with van der Waals surface area (Å²) in [4.78, 5) is 11.7. The summed E-state index contributed by atoms with van der Waals surface area (Å²) in [5.74, 6) is 0.492. The van der Waals surface area contributed by atoms with Crippen molar-refractivity contribution in [3.63, 3.8) is 0 Å². The molecular formula is C12H16O. The fraction of sp³-hybridized carbons (Fsp3) is 0.583. The Morgan fingerprint density at radius 3 is 2.85 bits per heavy atom. The molecule has 0 heterocycles. The second kappa shape index (κ2) is 2.57. The maximum absolute atomic E-state index is 11.7. The van der Waals surface area contributed by atoms with Crippen LogP contribution < -0.4 is 0 Å². The van der Waals surface area contributed by atoms with Crippen LogP contribution in [0.5, 0.6) is 0 Å². The van der Waals surface area contributed by atoms with Crippen molar-refractivity contribution in [2.24, 2.45) is 11.3 Å². The van der Waals surface area contributed by atoms with E-state index < -0.39 is 0 Å². The van der Waals surface area contributed by atoms with Gasteiger partial charge in [-0.3, -0.25) is 4.79 Å². The second-order valence-electron chi connectivity index (χ2n) is 4.70. The molecule has 1 heteroatoms. The molecule has 2 aliphatic carbocycles. The van der Waals surface area contributed by atoms with Crippen molar-refractivity contribution in [2.45, 2.75) is 33.6 Å². The Balaban J connectivity index is 2.46. The number of carbonyl (C=O) groups is 1. The monoisotopic (exact) mass is 176 g/mol. The highest BCUT2D eigenvalue weighted by atomic mass is 16.1. The van der Waals surface area contributed by atoms with Crippen LogP contribution in [0.25, 0.3) is 0 Å². The molecule has 0 spiro atoms. The lowest BCUT2D eigenvalue weighted by Gasteiger charge is -2.40. The molecule has 2 aliphatic rings. The first-order chi connectivity index (χ1) is 6.03. The molecule has 0 aliphatic heterocycles. The van der Waals surface area contributed by atoms with Crippen LogP contribution in [0.2, 0.25) is 0 Å². The summed E-state index contributed by atoms with van der Waals surface area (Å²) in [7, 11) is 0. The van der Waals surface area contributed by atoms with Crippen molar-refractivity contribution >= 4 is 5.78 Å². The van der Waals surface area contributed by atoms with Gasteiger partial charge in [0.15, 0.2) is 5.78 Å². The van der Waals surface area contributed by atoms with E-state index in [4.69, 9.17) is 0 Å². The van der Waals surface area contributed by atoms with Gasteiger partial charge in [-0.15, -0.1) is 0 Å². The topological polar surface area (TPSA) is 17.1 Å². The van der Waals surface area contributed by atoms with Crippen LogP contribution in [0.1, 0.15) is 33.6 Å². The molecule has 2 rings (SSSR count). The van der Waals surface area contributed by atoms with E-state index >= 15 is 0 Å². The lowest BCUT2D eigenvalue weighted by Crippen LogP contribution is -2.34. The van der Waals surface area contributed by atoms with E-state index in [1.165, 1.54) is 11.1 Å². The number of fused-ring (bicyclic) bond motifs is 2. The SMILES string of the molecule is CC1=CC[C@]2(C)C[C@H]1C(=O)C=C2C. The van der Waals surface area contributed by atoms with E-state index in [0.29, 0.717) is 5.78 Å². The van der Waals surface area contributed by atoms with Gasteiger partial charge < -0.3 is 0 Å². The van der Waals surface area contributed by atoms with E-state index in [-0.39, 0.29) is 11.3 Å². The minimum atomic E-state index is 0.183. The number of hydrogen-bond acceptors (Lipinski definition) is 1. The van der Waals surface area contributed by atoms with Crippen LogP contribution in [0.4, 0.5) is 0 Å². The first kappa shape index (κ1) is 8.74. The highest BCUT2D eigenvalue weighted by Gasteiger charge is 2.39. The summed E-state index contributed by atoms with van der Waals surface area (Å²) < 4.78 is 0. The van der Waals surface area contributed by atoms with E-state index in [2.05, 4.69) is 26.8 Å². The van der Waals surface area contributed by atoms with Crippen LogP contribution in [0, 0.1) is 11.3 Å². The number of rotatable bonds is 0. The Morgan fingerprint density at radius 1 is 1.46 bits per heavy atom. The molecule has 0 saturated carbocycles. The van der Waals surface area contributed by atoms with Gasteiger partial charge in [-0.25, -0.2) is 0 Å². The maximum atomic E-state index is 11.7. The molecule has 0 saturated heterocycles. The molecule has 70 valence electrons. The molecule has 0 aromatic carbocycles. The number of hydrogen-bond donors (Lipinski definition) is 0. The lowest BCUT2D eigenvalue weighted by molar-refractivity contribution is -0.119. The molecule has 0 N–H and O–H groups in total. The van der Waals surface area contributed by atoms with Gasteiger partial charge in [0.2, 0.25) is 0 Å². The van der Waals surface area contributed by atoms with E-state index in [9.17, 15) is 4.79 Å². The number of carbonyl (C=O) groups excluding carboxylic acids is 1. The van der Waals surface area contributed by atoms with Crippen molar-refractivity contribution in [1.82, 2.24) is 0 Å². The second-order valence-corrected chi connectivity index (χ2v) is 4.70. The summed E-state index contributed by atoms with van der Waals surface area (Å²) in [5, 5.41) is 0. The fourth-order valence-electron chi connectivity index (χ4n) is 2.36. The lowest BCUT2D eigenvalue weighted by atomic mass is 9.63. The number of allylic oxidation sites excluding steroid dienone is 4. The van der Waals surface area contributed by atoms with Crippen LogP contribution in [-0.2, 0) is 4.79 Å². The minimum Gasteiger partial charge on any atom is -0.294 e. The Kier molecular flexibility index (Phi) is 1.73. The molecule has 13 heavy (non-hydrogen) atoms. The third-order valence-electron chi connectivity index (χ3n) is 3.73. The Labute approximate surface area is 79.5 Å². The van der Waals surface area contributed by atoms with Gasteiger partial charge in [0.05, 0.1) is 0 Å². The molecule has 0 amide bonds. The molecule has 2 atom stereocenters. The van der Waals surface area contributed by atoms with Gasteiger partial charge in [0.1, 0.15) is 0 Å². The van der Waals surface area contributed by atoms with Crippen LogP contribution in [0.15, 0.2) is 23.3 Å². The van der Waals surface area contributed by atoms with Crippen LogP contribution in [-0.4, -0.2) is 5.78 Å². The quantitative estimate of drug-likeness (QED) is 0.519. The standard InChI is InChI=1S/C12H16O/c1-8-4-5-12(3)7-10(8)11(13)6-9(12)2/h4,6,10H,5,7H2,1-3H3/t10-,12-/m1/s1. The zero-order chi connectivity index (χ0) is 9.64. The summed E-state index contributed by atoms with van der Waals surface area (Å²) >= 11 is 0. The van der Waals surface area contributed by atoms with Crippen LogP contribution >= 0.6 is 0 Å². The van der Waals surface area contributed by atoms with E-state index in [1.54, 1.807) is 0 Å². The normalized spacial score (nSPS) is 38.4. The smallest absolute Gasteiger partial charge is 0.162 e. The van der Waals surface area contributed by atoms with Gasteiger partial charge in [0.25, 0.3) is 0 Å². The molecular weight excluding hydrogens is 160 g/mol. The predicted octanol–water partition coefficient (Wildman–Crippen LogP) is 2.88. The zero-order valence-corrected chi connectivity index (χ0v) is 8.55. The Hall–Kier alpha value is -0.850. The van der Waals surface area contributed by atoms with Gasteiger partial charge in [-0.05, 0) is 38.2 Å². The van der Waals surface area contributed by atoms with Crippen molar-refractivity contribution in [1.29, 1.82) is 0 Å². The summed E-state index contributed by atoms with van der Waals surface area (Å²) in [5.41, 5.74) is 2.79. The van der Waals surface area contributed by atoms with E-state index in [0.717, 1.165) is 12.8 Å². The Morgan fingerprint density at radius 2 is 2.15 bits per heavy atom. The predicted molar refractivity (Wildman–Crippen MR) is 53.4 cm³/mol. The fourth-order valence-corrected chi connectivity index (χ4v) is 2.36. The zero-order valence-electron chi connectivity index (χ0n) is 8.55. The summed E-state index contributed by atoms with van der Waals surface area (Å²) in [6.07, 6.45) is 6.22. The Bertz CT molecular complexity index is 322. The van der Waals surface area contributed by atoms with Crippen molar-refractivity contribution in [2.75, 3.05) is 0 Å². The molecule has 0 unspecified atom stereocenters. The van der Waals surface area contributed by atoms with Gasteiger partial charge in [-0.2, -0.15) is 0 Å². The molecule has 0 fully saturated rings. The molecule has 0 aromatic rings. The van der Waals surface area contributed by atoms with Crippen molar-refractivity contribution in [3.05, 3.63) is 23.3 Å². The van der Waals surface area contributed by atoms with Gasteiger partial charge in [0, 0.05) is 5.92 Å². The third-order valence-corrected chi connectivity index (χ3v) is 3.73. The van der Waals surface area contributed by atoms with E-state index in [1.807, 2.05) is 6.08 Å². The van der Waals surface area contributed by atoms with Gasteiger partial charge in [-0.1, -0.05) is 24.1 Å². The van der Waals surface area contributed by atoms with Crippen molar-refractivity contribution < 1.29 is 4.79 Å². The molecule has 0 aromatic heterocycles. The highest BCUT2D eigenvalue weighted by Crippen LogP contribution is 2.47. The maximum Gasteiger partial charge on any atom is 0.162 e. The van der Waals surface area contributed by atoms with Gasteiger partial charge >= 0.3 is 0 Å². The summed E-state index contributed by atoms with van der Waals surface area (Å²) in [6.45, 7) is 6.43. The first-order valence-electron chi connectivity index (χ1n) is 4.92.